The predicted molar refractivity (Wildman–Crippen MR) is 198 cm³/mol. The van der Waals surface area contributed by atoms with Gasteiger partial charge in [0.05, 0.1) is 15.8 Å². The quantitative estimate of drug-likeness (QED) is 0.0278. The number of aryl methyl sites for hydroxylation is 1. The first kappa shape index (κ1) is 45.1. The SMILES string of the molecule is CCC(C)C(=O)Oc1ccc([N+](=O)[O-])cc1.CCCC(=O)Oc1ccc([N+](=O)[O-])cc1.CCCCCCCC(=O)Oc1c(F)cc2c(C)cc(=O)oc2c1F. The van der Waals surface area contributed by atoms with E-state index in [0.717, 1.165) is 37.8 Å². The molecule has 55 heavy (non-hydrogen) atoms. The largest absolute Gasteiger partial charge is 0.427 e. The van der Waals surface area contributed by atoms with E-state index in [1.54, 1.807) is 13.8 Å². The van der Waals surface area contributed by atoms with Gasteiger partial charge < -0.3 is 18.6 Å². The summed E-state index contributed by atoms with van der Waals surface area (Å²) in [6.07, 6.45) is 6.48. The summed E-state index contributed by atoms with van der Waals surface area (Å²) in [6, 6.07) is 13.0. The molecule has 4 aromatic rings. The molecule has 0 saturated carbocycles. The maximum atomic E-state index is 14.4. The predicted octanol–water partition coefficient (Wildman–Crippen LogP) is 9.49. The number of esters is 3. The van der Waals surface area contributed by atoms with E-state index in [1.165, 1.54) is 48.5 Å². The van der Waals surface area contributed by atoms with Crippen LogP contribution in [0, 0.1) is 44.7 Å². The highest BCUT2D eigenvalue weighted by Crippen LogP contribution is 2.31. The molecule has 1 aromatic heterocycles. The van der Waals surface area contributed by atoms with Crippen LogP contribution in [-0.2, 0) is 14.4 Å². The third-order valence-electron chi connectivity index (χ3n) is 7.81. The molecule has 4 rings (SSSR count). The van der Waals surface area contributed by atoms with Gasteiger partial charge in [-0.15, -0.1) is 0 Å². The molecule has 0 saturated heterocycles. The number of hydrogen-bond donors (Lipinski definition) is 0. The number of non-ortho nitro benzene ring substituents is 2. The fraction of sp³-hybridized carbons (Fsp3) is 0.385. The Hall–Kier alpha value is -6.06. The lowest BCUT2D eigenvalue weighted by Gasteiger charge is -2.09. The number of halogens is 2. The highest BCUT2D eigenvalue weighted by molar-refractivity contribution is 5.83. The molecule has 0 aliphatic rings. The number of nitro benzene ring substituents is 2. The van der Waals surface area contributed by atoms with Crippen LogP contribution in [0.15, 0.2) is 69.9 Å². The van der Waals surface area contributed by atoms with E-state index < -0.39 is 44.4 Å². The first-order valence-corrected chi connectivity index (χ1v) is 17.7. The molecule has 16 heteroatoms. The Morgan fingerprint density at radius 1 is 0.745 bits per heavy atom. The van der Waals surface area contributed by atoms with Gasteiger partial charge in [0.25, 0.3) is 11.4 Å². The maximum absolute atomic E-state index is 14.4. The molecule has 1 atom stereocenters. The number of carbonyl (C=O) groups excluding carboxylic acids is 3. The van der Waals surface area contributed by atoms with Crippen LogP contribution in [0.4, 0.5) is 20.2 Å². The number of carbonyl (C=O) groups is 3. The summed E-state index contributed by atoms with van der Waals surface area (Å²) < 4.78 is 48.0. The molecule has 0 fully saturated rings. The van der Waals surface area contributed by atoms with Crippen LogP contribution in [0.25, 0.3) is 11.0 Å². The summed E-state index contributed by atoms with van der Waals surface area (Å²) >= 11 is 0. The minimum Gasteiger partial charge on any atom is -0.427 e. The monoisotopic (exact) mass is 770 g/mol. The van der Waals surface area contributed by atoms with Crippen molar-refractivity contribution < 1.29 is 51.6 Å². The minimum absolute atomic E-state index is 0.0229. The first-order valence-electron chi connectivity index (χ1n) is 17.7. The van der Waals surface area contributed by atoms with Crippen LogP contribution in [0.5, 0.6) is 17.2 Å². The number of ether oxygens (including phenoxy) is 3. The number of benzene rings is 3. The van der Waals surface area contributed by atoms with E-state index >= 15 is 0 Å². The van der Waals surface area contributed by atoms with Gasteiger partial charge in [0.1, 0.15) is 11.5 Å². The molecule has 0 aliphatic heterocycles. The summed E-state index contributed by atoms with van der Waals surface area (Å²) in [6.45, 7) is 9.16. The number of rotatable bonds is 15. The number of fused-ring (bicyclic) bond motifs is 1. The van der Waals surface area contributed by atoms with E-state index in [9.17, 15) is 48.2 Å². The van der Waals surface area contributed by atoms with Crippen molar-refractivity contribution in [3.63, 3.8) is 0 Å². The average Bonchev–Trinajstić information content (AvgIpc) is 3.14. The van der Waals surface area contributed by atoms with Gasteiger partial charge in [-0.25, -0.2) is 9.18 Å². The Morgan fingerprint density at radius 2 is 1.27 bits per heavy atom. The Morgan fingerprint density at radius 3 is 1.78 bits per heavy atom. The number of hydrogen-bond acceptors (Lipinski definition) is 12. The lowest BCUT2D eigenvalue weighted by Crippen LogP contribution is -2.16. The van der Waals surface area contributed by atoms with Crippen LogP contribution in [0.3, 0.4) is 0 Å². The Balaban J connectivity index is 0.000000297. The van der Waals surface area contributed by atoms with Gasteiger partial charge in [0.2, 0.25) is 11.6 Å². The zero-order valence-electron chi connectivity index (χ0n) is 31.3. The van der Waals surface area contributed by atoms with E-state index in [-0.39, 0.29) is 41.0 Å². The van der Waals surface area contributed by atoms with Crippen LogP contribution in [-0.4, -0.2) is 27.8 Å². The molecule has 1 unspecified atom stereocenters. The van der Waals surface area contributed by atoms with Gasteiger partial charge >= 0.3 is 23.5 Å². The van der Waals surface area contributed by atoms with Crippen LogP contribution in [0.1, 0.15) is 91.0 Å². The molecular weight excluding hydrogens is 726 g/mol. The van der Waals surface area contributed by atoms with Crippen molar-refractivity contribution in [1.29, 1.82) is 0 Å². The van der Waals surface area contributed by atoms with Gasteiger partial charge in [-0.2, -0.15) is 4.39 Å². The molecule has 0 radical (unpaired) electrons. The zero-order chi connectivity index (χ0) is 41.1. The third kappa shape index (κ3) is 15.1. The van der Waals surface area contributed by atoms with Crippen molar-refractivity contribution in [2.45, 2.75) is 92.4 Å². The third-order valence-corrected chi connectivity index (χ3v) is 7.81. The van der Waals surface area contributed by atoms with Crippen LogP contribution < -0.4 is 19.8 Å². The highest BCUT2D eigenvalue weighted by atomic mass is 19.1. The molecular formula is C39H44F2N2O12. The van der Waals surface area contributed by atoms with Crippen molar-refractivity contribution in [1.82, 2.24) is 0 Å². The Bertz CT molecular complexity index is 1980. The lowest BCUT2D eigenvalue weighted by molar-refractivity contribution is -0.385. The summed E-state index contributed by atoms with van der Waals surface area (Å²) in [5.41, 5.74) is -0.827. The zero-order valence-corrected chi connectivity index (χ0v) is 31.3. The Labute approximate surface area is 315 Å². The van der Waals surface area contributed by atoms with E-state index in [0.29, 0.717) is 42.7 Å². The van der Waals surface area contributed by atoms with Gasteiger partial charge in [-0.1, -0.05) is 53.4 Å². The molecule has 0 amide bonds. The van der Waals surface area contributed by atoms with E-state index in [1.807, 2.05) is 13.8 Å². The molecule has 3 aromatic carbocycles. The highest BCUT2D eigenvalue weighted by Gasteiger charge is 2.21. The van der Waals surface area contributed by atoms with E-state index in [4.69, 9.17) is 18.6 Å². The summed E-state index contributed by atoms with van der Waals surface area (Å²) in [5.74, 6) is -3.87. The summed E-state index contributed by atoms with van der Waals surface area (Å²) in [7, 11) is 0. The van der Waals surface area contributed by atoms with Crippen LogP contribution in [0.2, 0.25) is 0 Å². The molecule has 1 heterocycles. The fourth-order valence-corrected chi connectivity index (χ4v) is 4.53. The normalized spacial score (nSPS) is 10.9. The van der Waals surface area contributed by atoms with Crippen molar-refractivity contribution in [3.05, 3.63) is 109 Å². The fourth-order valence-electron chi connectivity index (χ4n) is 4.53. The first-order chi connectivity index (χ1) is 26.1. The van der Waals surface area contributed by atoms with Gasteiger partial charge in [0.15, 0.2) is 11.4 Å². The number of nitrogens with zero attached hydrogens (tertiary/aromatic N) is 2. The average molecular weight is 771 g/mol. The molecule has 0 aliphatic carbocycles. The molecule has 14 nitrogen and oxygen atoms in total. The number of nitro groups is 2. The molecule has 0 bridgehead atoms. The maximum Gasteiger partial charge on any atom is 0.336 e. The van der Waals surface area contributed by atoms with Crippen molar-refractivity contribution in [2.24, 2.45) is 5.92 Å². The second-order valence-electron chi connectivity index (χ2n) is 12.2. The van der Waals surface area contributed by atoms with E-state index in [2.05, 4.69) is 6.92 Å². The molecule has 0 N–H and O–H groups in total. The topological polar surface area (TPSA) is 195 Å². The van der Waals surface area contributed by atoms with Gasteiger partial charge in [-0.05, 0) is 62.1 Å². The minimum atomic E-state index is -1.18. The molecule has 0 spiro atoms. The van der Waals surface area contributed by atoms with Crippen LogP contribution >= 0.6 is 0 Å². The second kappa shape index (κ2) is 22.9. The second-order valence-corrected chi connectivity index (χ2v) is 12.2. The standard InChI is InChI=1S/C18H20F2O4.C11H13NO4.C10H11NO4/c1-3-4-5-6-7-8-14(21)23-18-13(19)10-12-11(2)9-15(22)24-17(12)16(18)20;1-3-8(2)11(13)16-10-6-4-9(5-7-10)12(14)15;1-2-3-10(12)15-9-6-4-8(5-7-9)11(13)14/h9-10H,3-8H2,1-2H3;4-8H,3H2,1-2H3;4-7H,2-3H2,1H3. The van der Waals surface area contributed by atoms with Gasteiger partial charge in [0, 0.05) is 48.6 Å². The molecule has 296 valence electrons. The van der Waals surface area contributed by atoms with Crippen molar-refractivity contribution >= 4 is 40.3 Å². The van der Waals surface area contributed by atoms with Crippen molar-refractivity contribution in [2.75, 3.05) is 0 Å². The summed E-state index contributed by atoms with van der Waals surface area (Å²) in [5, 5.41) is 20.9. The van der Waals surface area contributed by atoms with Gasteiger partial charge in [-0.3, -0.25) is 34.6 Å². The number of unbranched alkanes of at least 4 members (excludes halogenated alkanes) is 4. The smallest absolute Gasteiger partial charge is 0.336 e. The summed E-state index contributed by atoms with van der Waals surface area (Å²) in [4.78, 5) is 65.3. The Kier molecular flexibility index (Phi) is 18.8. The van der Waals surface area contributed by atoms with Crippen molar-refractivity contribution in [3.8, 4) is 17.2 Å². The lowest BCUT2D eigenvalue weighted by atomic mass is 10.1.